The summed E-state index contributed by atoms with van der Waals surface area (Å²) in [6.07, 6.45) is 0.714. The fourth-order valence-electron chi connectivity index (χ4n) is 3.56. The van der Waals surface area contributed by atoms with Crippen LogP contribution in [0, 0.1) is 11.3 Å². The molecule has 172 valence electrons. The molecule has 7 heteroatoms. The number of anilines is 2. The average molecular weight is 440 g/mol. The van der Waals surface area contributed by atoms with Crippen LogP contribution >= 0.6 is 0 Å². The summed E-state index contributed by atoms with van der Waals surface area (Å²) in [5, 5.41) is 5.72. The van der Waals surface area contributed by atoms with E-state index in [9.17, 15) is 9.59 Å². The molecule has 7 nitrogen and oxygen atoms in total. The van der Waals surface area contributed by atoms with Crippen molar-refractivity contribution in [1.29, 1.82) is 0 Å². The van der Waals surface area contributed by atoms with Crippen molar-refractivity contribution in [3.63, 3.8) is 0 Å². The van der Waals surface area contributed by atoms with Gasteiger partial charge in [0, 0.05) is 24.8 Å². The SMILES string of the molecule is COc1ccc(CCNC(=O)Nc2ccc3c(c2)OCC(C)(C)C(=O)N3CC(C)C)cc1. The Morgan fingerprint density at radius 2 is 1.91 bits per heavy atom. The molecular weight excluding hydrogens is 406 g/mol. The van der Waals surface area contributed by atoms with Gasteiger partial charge in [0.1, 0.15) is 18.1 Å². The lowest BCUT2D eigenvalue weighted by atomic mass is 9.92. The topological polar surface area (TPSA) is 79.9 Å². The van der Waals surface area contributed by atoms with Gasteiger partial charge in [-0.05, 0) is 56.0 Å². The van der Waals surface area contributed by atoms with E-state index in [-0.39, 0.29) is 18.5 Å². The maximum Gasteiger partial charge on any atom is 0.319 e. The summed E-state index contributed by atoms with van der Waals surface area (Å²) in [6.45, 7) is 9.34. The number of carbonyl (C=O) groups is 2. The number of urea groups is 1. The number of fused-ring (bicyclic) bond motifs is 1. The van der Waals surface area contributed by atoms with Crippen LogP contribution in [0.5, 0.6) is 11.5 Å². The lowest BCUT2D eigenvalue weighted by molar-refractivity contribution is -0.127. The minimum atomic E-state index is -0.625. The Morgan fingerprint density at radius 1 is 1.19 bits per heavy atom. The number of carbonyl (C=O) groups excluding carboxylic acids is 2. The summed E-state index contributed by atoms with van der Waals surface area (Å²) in [5.41, 5.74) is 1.84. The van der Waals surface area contributed by atoms with Crippen molar-refractivity contribution in [2.75, 3.05) is 37.0 Å². The van der Waals surface area contributed by atoms with Crippen LogP contribution < -0.4 is 25.0 Å². The minimum Gasteiger partial charge on any atom is -0.497 e. The van der Waals surface area contributed by atoms with Crippen LogP contribution in [0.1, 0.15) is 33.3 Å². The van der Waals surface area contributed by atoms with Crippen molar-refractivity contribution in [3.8, 4) is 11.5 Å². The monoisotopic (exact) mass is 439 g/mol. The van der Waals surface area contributed by atoms with Gasteiger partial charge in [0.2, 0.25) is 5.91 Å². The molecular formula is C25H33N3O4. The molecule has 3 amide bonds. The van der Waals surface area contributed by atoms with Crippen molar-refractivity contribution < 1.29 is 19.1 Å². The summed E-state index contributed by atoms with van der Waals surface area (Å²) in [7, 11) is 1.63. The van der Waals surface area contributed by atoms with E-state index in [4.69, 9.17) is 9.47 Å². The lowest BCUT2D eigenvalue weighted by Gasteiger charge is -2.29. The van der Waals surface area contributed by atoms with Crippen molar-refractivity contribution in [3.05, 3.63) is 48.0 Å². The summed E-state index contributed by atoms with van der Waals surface area (Å²) in [4.78, 5) is 27.2. The van der Waals surface area contributed by atoms with Gasteiger partial charge in [-0.15, -0.1) is 0 Å². The Morgan fingerprint density at radius 3 is 2.56 bits per heavy atom. The molecule has 0 aliphatic carbocycles. The first kappa shape index (κ1) is 23.4. The maximum atomic E-state index is 13.1. The quantitative estimate of drug-likeness (QED) is 0.667. The molecule has 0 spiro atoms. The highest BCUT2D eigenvalue weighted by molar-refractivity contribution is 6.00. The second kappa shape index (κ2) is 9.94. The van der Waals surface area contributed by atoms with Crippen molar-refractivity contribution >= 4 is 23.3 Å². The Labute approximate surface area is 190 Å². The number of hydrogen-bond acceptors (Lipinski definition) is 4. The highest BCUT2D eigenvalue weighted by Crippen LogP contribution is 2.38. The van der Waals surface area contributed by atoms with Gasteiger partial charge in [-0.1, -0.05) is 26.0 Å². The summed E-state index contributed by atoms with van der Waals surface area (Å²) < 4.78 is 11.1. The zero-order valence-electron chi connectivity index (χ0n) is 19.5. The van der Waals surface area contributed by atoms with Gasteiger partial charge in [-0.3, -0.25) is 4.79 Å². The minimum absolute atomic E-state index is 0.0435. The molecule has 32 heavy (non-hydrogen) atoms. The van der Waals surface area contributed by atoms with Crippen LogP contribution in [-0.2, 0) is 11.2 Å². The summed E-state index contributed by atoms with van der Waals surface area (Å²) in [5.74, 6) is 1.76. The molecule has 0 atom stereocenters. The van der Waals surface area contributed by atoms with Gasteiger partial charge >= 0.3 is 6.03 Å². The fraction of sp³-hybridized carbons (Fsp3) is 0.440. The number of ether oxygens (including phenoxy) is 2. The molecule has 2 aromatic carbocycles. The summed E-state index contributed by atoms with van der Waals surface area (Å²) in [6, 6.07) is 12.9. The number of methoxy groups -OCH3 is 1. The van der Waals surface area contributed by atoms with E-state index in [2.05, 4.69) is 24.5 Å². The molecule has 0 radical (unpaired) electrons. The first-order valence-corrected chi connectivity index (χ1v) is 11.0. The smallest absolute Gasteiger partial charge is 0.319 e. The molecule has 0 fully saturated rings. The van der Waals surface area contributed by atoms with Crippen molar-refractivity contribution in [2.24, 2.45) is 11.3 Å². The molecule has 3 rings (SSSR count). The molecule has 0 aromatic heterocycles. The van der Waals surface area contributed by atoms with Gasteiger partial charge < -0.3 is 25.0 Å². The molecule has 2 N–H and O–H groups in total. The van der Waals surface area contributed by atoms with E-state index in [1.165, 1.54) is 0 Å². The molecule has 0 saturated heterocycles. The van der Waals surface area contributed by atoms with Gasteiger partial charge in [-0.2, -0.15) is 0 Å². The van der Waals surface area contributed by atoms with E-state index in [1.54, 1.807) is 24.1 Å². The van der Waals surface area contributed by atoms with E-state index in [0.717, 1.165) is 17.0 Å². The predicted molar refractivity (Wildman–Crippen MR) is 127 cm³/mol. The number of nitrogens with zero attached hydrogens (tertiary/aromatic N) is 1. The predicted octanol–water partition coefficient (Wildman–Crippen LogP) is 4.47. The second-order valence-corrected chi connectivity index (χ2v) is 9.14. The standard InChI is InChI=1S/C25H33N3O4/c1-17(2)15-28-21-11-8-19(14-22(21)32-16-25(3,4)23(28)29)27-24(30)26-13-12-18-6-9-20(31-5)10-7-18/h6-11,14,17H,12-13,15-16H2,1-5H3,(H2,26,27,30). The lowest BCUT2D eigenvalue weighted by Crippen LogP contribution is -2.43. The number of hydrogen-bond donors (Lipinski definition) is 2. The zero-order chi connectivity index (χ0) is 23.3. The zero-order valence-corrected chi connectivity index (χ0v) is 19.5. The third kappa shape index (κ3) is 5.72. The van der Waals surface area contributed by atoms with Gasteiger partial charge in [-0.25, -0.2) is 4.79 Å². The normalized spacial score (nSPS) is 14.9. The van der Waals surface area contributed by atoms with Crippen LogP contribution in [0.15, 0.2) is 42.5 Å². The van der Waals surface area contributed by atoms with Crippen molar-refractivity contribution in [1.82, 2.24) is 5.32 Å². The van der Waals surface area contributed by atoms with Gasteiger partial charge in [0.05, 0.1) is 18.2 Å². The largest absolute Gasteiger partial charge is 0.497 e. The molecule has 2 aromatic rings. The molecule has 0 bridgehead atoms. The molecule has 0 unspecified atom stereocenters. The Kier molecular flexibility index (Phi) is 7.28. The molecule has 1 heterocycles. The van der Waals surface area contributed by atoms with Crippen LogP contribution in [-0.4, -0.2) is 38.7 Å². The van der Waals surface area contributed by atoms with Crippen LogP contribution in [0.25, 0.3) is 0 Å². The second-order valence-electron chi connectivity index (χ2n) is 9.14. The highest BCUT2D eigenvalue weighted by atomic mass is 16.5. The fourth-order valence-corrected chi connectivity index (χ4v) is 3.56. The molecule has 1 aliphatic heterocycles. The Hall–Kier alpha value is -3.22. The highest BCUT2D eigenvalue weighted by Gasteiger charge is 2.38. The number of benzene rings is 2. The van der Waals surface area contributed by atoms with E-state index in [0.29, 0.717) is 36.9 Å². The third-order valence-corrected chi connectivity index (χ3v) is 5.33. The van der Waals surface area contributed by atoms with Crippen LogP contribution in [0.4, 0.5) is 16.2 Å². The average Bonchev–Trinajstić information content (AvgIpc) is 2.84. The van der Waals surface area contributed by atoms with E-state index >= 15 is 0 Å². The van der Waals surface area contributed by atoms with Crippen LogP contribution in [0.2, 0.25) is 0 Å². The molecule has 1 aliphatic rings. The maximum absolute atomic E-state index is 13.1. The number of nitrogens with one attached hydrogen (secondary N) is 2. The Balaban J connectivity index is 1.64. The summed E-state index contributed by atoms with van der Waals surface area (Å²) >= 11 is 0. The third-order valence-electron chi connectivity index (χ3n) is 5.33. The van der Waals surface area contributed by atoms with Crippen molar-refractivity contribution in [2.45, 2.75) is 34.1 Å². The number of rotatable bonds is 7. The van der Waals surface area contributed by atoms with Crippen LogP contribution in [0.3, 0.4) is 0 Å². The first-order chi connectivity index (χ1) is 15.2. The molecule has 0 saturated carbocycles. The Bertz CT molecular complexity index is 954. The van der Waals surface area contributed by atoms with Gasteiger partial charge in [0.15, 0.2) is 0 Å². The number of amides is 3. The van der Waals surface area contributed by atoms with E-state index in [1.807, 2.05) is 44.2 Å². The van der Waals surface area contributed by atoms with E-state index < -0.39 is 5.41 Å². The first-order valence-electron chi connectivity index (χ1n) is 11.0. The van der Waals surface area contributed by atoms with Gasteiger partial charge in [0.25, 0.3) is 0 Å².